The number of carbonyl (C=O) groups is 2. The molecule has 0 spiro atoms. The minimum Gasteiger partial charge on any atom is -0.365 e. The Labute approximate surface area is 171 Å². The minimum atomic E-state index is -0.782. The fraction of sp³-hybridized carbons (Fsp3) is 0.421. The Hall–Kier alpha value is -2.12. The van der Waals surface area contributed by atoms with Crippen molar-refractivity contribution in [3.8, 4) is 11.3 Å². The summed E-state index contributed by atoms with van der Waals surface area (Å²) in [6.45, 7) is 1.19. The van der Waals surface area contributed by atoms with E-state index in [-0.39, 0.29) is 23.9 Å². The first-order valence-electron chi connectivity index (χ1n) is 9.10. The SMILES string of the molecule is NC(=O)c1c(-c2ccc(Cl)c(Cl)c2)nn2c1CN(C(=O)CC1CC(F)C1)CC2. The smallest absolute Gasteiger partial charge is 0.252 e. The first-order valence-corrected chi connectivity index (χ1v) is 9.85. The van der Waals surface area contributed by atoms with Crippen molar-refractivity contribution in [2.24, 2.45) is 11.7 Å². The molecule has 1 aromatic heterocycles. The second-order valence-corrected chi connectivity index (χ2v) is 8.16. The molecule has 2 heterocycles. The number of primary amides is 1. The number of halogens is 3. The Morgan fingerprint density at radius 3 is 2.61 bits per heavy atom. The molecular weight excluding hydrogens is 406 g/mol. The van der Waals surface area contributed by atoms with Crippen LogP contribution in [0.4, 0.5) is 4.39 Å². The van der Waals surface area contributed by atoms with Crippen LogP contribution < -0.4 is 5.73 Å². The molecule has 2 aliphatic rings. The third-order valence-electron chi connectivity index (χ3n) is 5.41. The molecule has 0 atom stereocenters. The Balaban J connectivity index is 1.62. The number of hydrogen-bond donors (Lipinski definition) is 1. The van der Waals surface area contributed by atoms with Gasteiger partial charge in [0.1, 0.15) is 11.9 Å². The molecule has 4 rings (SSSR count). The second kappa shape index (κ2) is 7.37. The van der Waals surface area contributed by atoms with Crippen LogP contribution in [-0.2, 0) is 17.9 Å². The second-order valence-electron chi connectivity index (χ2n) is 7.34. The molecule has 1 aromatic carbocycles. The first kappa shape index (κ1) is 19.2. The van der Waals surface area contributed by atoms with Crippen molar-refractivity contribution in [2.45, 2.75) is 38.5 Å². The largest absolute Gasteiger partial charge is 0.365 e. The number of nitrogens with two attached hydrogens (primary N) is 1. The summed E-state index contributed by atoms with van der Waals surface area (Å²) in [5.74, 6) is -0.538. The van der Waals surface area contributed by atoms with Crippen LogP contribution in [0.1, 0.15) is 35.3 Å². The van der Waals surface area contributed by atoms with Gasteiger partial charge in [-0.15, -0.1) is 0 Å². The first-order chi connectivity index (χ1) is 13.3. The van der Waals surface area contributed by atoms with E-state index in [1.165, 1.54) is 0 Å². The van der Waals surface area contributed by atoms with Gasteiger partial charge in [-0.1, -0.05) is 29.3 Å². The number of aromatic nitrogens is 2. The van der Waals surface area contributed by atoms with Crippen LogP contribution in [0.3, 0.4) is 0 Å². The number of rotatable bonds is 4. The summed E-state index contributed by atoms with van der Waals surface area (Å²) in [6, 6.07) is 4.99. The Morgan fingerprint density at radius 1 is 1.21 bits per heavy atom. The highest BCUT2D eigenvalue weighted by Crippen LogP contribution is 2.35. The summed E-state index contributed by atoms with van der Waals surface area (Å²) in [7, 11) is 0. The van der Waals surface area contributed by atoms with Gasteiger partial charge in [-0.2, -0.15) is 5.10 Å². The molecule has 6 nitrogen and oxygen atoms in total. The molecule has 28 heavy (non-hydrogen) atoms. The molecule has 1 aliphatic heterocycles. The van der Waals surface area contributed by atoms with Crippen LogP contribution in [0.5, 0.6) is 0 Å². The van der Waals surface area contributed by atoms with Gasteiger partial charge in [0.2, 0.25) is 5.91 Å². The molecule has 9 heteroatoms. The van der Waals surface area contributed by atoms with Gasteiger partial charge in [-0.25, -0.2) is 4.39 Å². The quantitative estimate of drug-likeness (QED) is 0.815. The Morgan fingerprint density at radius 2 is 1.96 bits per heavy atom. The fourth-order valence-corrected chi connectivity index (χ4v) is 4.13. The number of benzene rings is 1. The van der Waals surface area contributed by atoms with E-state index in [1.54, 1.807) is 27.8 Å². The maximum absolute atomic E-state index is 13.0. The van der Waals surface area contributed by atoms with Crippen molar-refractivity contribution in [3.63, 3.8) is 0 Å². The summed E-state index contributed by atoms with van der Waals surface area (Å²) >= 11 is 12.1. The summed E-state index contributed by atoms with van der Waals surface area (Å²) in [5.41, 5.74) is 7.58. The zero-order chi connectivity index (χ0) is 20.0. The van der Waals surface area contributed by atoms with Crippen LogP contribution in [0.25, 0.3) is 11.3 Å². The molecule has 0 bridgehead atoms. The number of nitrogens with zero attached hydrogens (tertiary/aromatic N) is 3. The highest BCUT2D eigenvalue weighted by Gasteiger charge is 2.34. The molecule has 2 N–H and O–H groups in total. The lowest BCUT2D eigenvalue weighted by atomic mass is 9.81. The van der Waals surface area contributed by atoms with Crippen LogP contribution in [0.2, 0.25) is 10.0 Å². The van der Waals surface area contributed by atoms with Crippen LogP contribution in [0, 0.1) is 5.92 Å². The molecule has 2 amide bonds. The van der Waals surface area contributed by atoms with E-state index in [0.717, 1.165) is 0 Å². The minimum absolute atomic E-state index is 0.0316. The summed E-state index contributed by atoms with van der Waals surface area (Å²) in [4.78, 5) is 26.5. The predicted molar refractivity (Wildman–Crippen MR) is 104 cm³/mol. The number of carbonyl (C=O) groups excluding carboxylic acids is 2. The fourth-order valence-electron chi connectivity index (χ4n) is 3.83. The van der Waals surface area contributed by atoms with Gasteiger partial charge in [-0.3, -0.25) is 14.3 Å². The van der Waals surface area contributed by atoms with Gasteiger partial charge in [0.15, 0.2) is 0 Å². The van der Waals surface area contributed by atoms with E-state index in [2.05, 4.69) is 5.10 Å². The summed E-state index contributed by atoms with van der Waals surface area (Å²) < 4.78 is 14.7. The lowest BCUT2D eigenvalue weighted by Gasteiger charge is -2.33. The summed E-state index contributed by atoms with van der Waals surface area (Å²) in [6.07, 6.45) is 0.452. The average Bonchev–Trinajstić information content (AvgIpc) is 3.01. The molecular formula is C19H19Cl2FN4O2. The van der Waals surface area contributed by atoms with Gasteiger partial charge in [-0.05, 0) is 30.9 Å². The third kappa shape index (κ3) is 3.49. The highest BCUT2D eigenvalue weighted by molar-refractivity contribution is 6.42. The Kier molecular flexibility index (Phi) is 5.05. The zero-order valence-electron chi connectivity index (χ0n) is 15.0. The van der Waals surface area contributed by atoms with Crippen molar-refractivity contribution in [1.82, 2.24) is 14.7 Å². The molecule has 0 unspecified atom stereocenters. The van der Waals surface area contributed by atoms with Gasteiger partial charge < -0.3 is 10.6 Å². The normalized spacial score (nSPS) is 21.2. The maximum Gasteiger partial charge on any atom is 0.252 e. The molecule has 2 aromatic rings. The highest BCUT2D eigenvalue weighted by atomic mass is 35.5. The van der Waals surface area contributed by atoms with E-state index in [0.29, 0.717) is 59.3 Å². The molecule has 1 fully saturated rings. The van der Waals surface area contributed by atoms with Gasteiger partial charge in [0.05, 0.1) is 34.4 Å². The van der Waals surface area contributed by atoms with Gasteiger partial charge in [0, 0.05) is 18.5 Å². The van der Waals surface area contributed by atoms with Crippen molar-refractivity contribution >= 4 is 35.0 Å². The average molecular weight is 425 g/mol. The maximum atomic E-state index is 13.0. The lowest BCUT2D eigenvalue weighted by molar-refractivity contribution is -0.134. The van der Waals surface area contributed by atoms with E-state index >= 15 is 0 Å². The molecule has 1 aliphatic carbocycles. The zero-order valence-corrected chi connectivity index (χ0v) is 16.5. The van der Waals surface area contributed by atoms with E-state index in [9.17, 15) is 14.0 Å². The molecule has 0 saturated heterocycles. The van der Waals surface area contributed by atoms with Crippen LogP contribution >= 0.6 is 23.2 Å². The number of hydrogen-bond acceptors (Lipinski definition) is 3. The van der Waals surface area contributed by atoms with E-state index in [4.69, 9.17) is 28.9 Å². The van der Waals surface area contributed by atoms with Gasteiger partial charge in [0.25, 0.3) is 5.91 Å². The van der Waals surface area contributed by atoms with E-state index < -0.39 is 12.1 Å². The molecule has 148 valence electrons. The molecule has 1 saturated carbocycles. The van der Waals surface area contributed by atoms with Crippen molar-refractivity contribution < 1.29 is 14.0 Å². The third-order valence-corrected chi connectivity index (χ3v) is 6.15. The lowest BCUT2D eigenvalue weighted by Crippen LogP contribution is -2.41. The van der Waals surface area contributed by atoms with Crippen molar-refractivity contribution in [2.75, 3.05) is 6.54 Å². The number of fused-ring (bicyclic) bond motifs is 1. The number of alkyl halides is 1. The van der Waals surface area contributed by atoms with Crippen molar-refractivity contribution in [3.05, 3.63) is 39.5 Å². The van der Waals surface area contributed by atoms with Gasteiger partial charge >= 0.3 is 0 Å². The van der Waals surface area contributed by atoms with Crippen LogP contribution in [0.15, 0.2) is 18.2 Å². The van der Waals surface area contributed by atoms with Crippen LogP contribution in [-0.4, -0.2) is 39.2 Å². The molecule has 0 radical (unpaired) electrons. The Bertz CT molecular complexity index is 956. The standard InChI is InChI=1S/C19H19Cl2FN4O2/c20-13-2-1-11(8-14(13)21)18-17(19(23)28)15-9-25(3-4-26(15)24-18)16(27)7-10-5-12(22)6-10/h1-2,8,10,12H,3-7,9H2,(H2,23,28). The van der Waals surface area contributed by atoms with E-state index in [1.807, 2.05) is 0 Å². The number of amides is 2. The monoisotopic (exact) mass is 424 g/mol. The topological polar surface area (TPSA) is 81.2 Å². The van der Waals surface area contributed by atoms with Crippen molar-refractivity contribution in [1.29, 1.82) is 0 Å². The predicted octanol–water partition coefficient (Wildman–Crippen LogP) is 3.44. The summed E-state index contributed by atoms with van der Waals surface area (Å²) in [5, 5.41) is 5.28.